The van der Waals surface area contributed by atoms with E-state index in [1.54, 1.807) is 6.07 Å². The normalized spacial score (nSPS) is 14.7. The molecule has 2 atom stereocenters. The number of hydrogen-bond acceptors (Lipinski definition) is 8. The van der Waals surface area contributed by atoms with Gasteiger partial charge in [0, 0.05) is 0 Å². The Hall–Kier alpha value is -1.75. The van der Waals surface area contributed by atoms with Crippen LogP contribution in [0.3, 0.4) is 0 Å². The molecule has 0 amide bonds. The predicted octanol–water partition coefficient (Wildman–Crippen LogP) is -0.481. The number of aliphatic carboxylic acids is 2. The molecule has 0 bridgehead atoms. The van der Waals surface area contributed by atoms with Crippen LogP contribution in [0.15, 0.2) is 30.3 Å². The van der Waals surface area contributed by atoms with E-state index in [9.17, 15) is 33.7 Å². The first-order valence-electron chi connectivity index (χ1n) is 6.47. The van der Waals surface area contributed by atoms with Crippen LogP contribution in [-0.2, 0) is 28.0 Å². The van der Waals surface area contributed by atoms with Crippen LogP contribution in [-0.4, -0.2) is 79.2 Å². The van der Waals surface area contributed by atoms with Crippen molar-refractivity contribution in [2.45, 2.75) is 18.4 Å². The summed E-state index contributed by atoms with van der Waals surface area (Å²) in [5.41, 5.74) is -3.19. The van der Waals surface area contributed by atoms with E-state index in [0.29, 0.717) is 0 Å². The molecule has 0 aromatic heterocycles. The van der Waals surface area contributed by atoms with Gasteiger partial charge in [0.15, 0.2) is 5.60 Å². The van der Waals surface area contributed by atoms with E-state index in [-0.39, 0.29) is 35.1 Å². The Labute approximate surface area is 168 Å². The van der Waals surface area contributed by atoms with Gasteiger partial charge in [0.05, 0.1) is 18.4 Å². The maximum absolute atomic E-state index is 11.6. The van der Waals surface area contributed by atoms with Crippen LogP contribution >= 0.6 is 7.82 Å². The van der Waals surface area contributed by atoms with Crippen molar-refractivity contribution >= 4 is 61.3 Å². The second-order valence-electron chi connectivity index (χ2n) is 4.76. The molecule has 0 aliphatic carbocycles. The summed E-state index contributed by atoms with van der Waals surface area (Å²) >= 11 is 0. The number of carbonyl (C=O) groups excluding carboxylic acids is 2. The molecule has 2 unspecified atom stereocenters. The minimum absolute atomic E-state index is 0. The Bertz CT molecular complexity index is 735. The van der Waals surface area contributed by atoms with Gasteiger partial charge in [0.2, 0.25) is 0 Å². The molecule has 0 fully saturated rings. The molecule has 0 heterocycles. The zero-order chi connectivity index (χ0) is 19.3. The molecule has 0 radical (unpaired) electrons. The molecule has 138 valence electrons. The third-order valence-electron chi connectivity index (χ3n) is 2.70. The van der Waals surface area contributed by atoms with Gasteiger partial charge in [-0.25, -0.2) is 14.2 Å². The number of hydrogen-bond donors (Lipinski definition) is 4. The molecule has 0 aliphatic heterocycles. The molecular formula is C13H14NaO11P. The van der Waals surface area contributed by atoms with Gasteiger partial charge in [-0.05, 0) is 12.1 Å². The SMILES string of the molecule is O=C(O)CC(O)(CC(=O)OP(=O)(O)OC(=O)c1ccccc1)C(=O)O.[NaH]. The molecule has 0 spiro atoms. The number of aliphatic hydroxyl groups is 1. The summed E-state index contributed by atoms with van der Waals surface area (Å²) in [6.45, 7) is 0. The average Bonchev–Trinajstić information content (AvgIpc) is 2.45. The fourth-order valence-electron chi connectivity index (χ4n) is 1.61. The van der Waals surface area contributed by atoms with E-state index < -0.39 is 50.1 Å². The topological polar surface area (TPSA) is 185 Å². The third kappa shape index (κ3) is 7.65. The summed E-state index contributed by atoms with van der Waals surface area (Å²) in [6.07, 6.45) is -2.82. The standard InChI is InChI=1S/C13H13O11P.Na.H/c14-9(15)6-13(20,12(18)19)7-10(16)23-25(21,22)24-11(17)8-4-2-1-3-5-8;;/h1-5,20H,6-7H2,(H,14,15)(H,18,19)(H,21,22);;. The van der Waals surface area contributed by atoms with Gasteiger partial charge < -0.3 is 24.4 Å². The van der Waals surface area contributed by atoms with Crippen molar-refractivity contribution in [2.24, 2.45) is 0 Å². The number of carbonyl (C=O) groups is 4. The van der Waals surface area contributed by atoms with Crippen molar-refractivity contribution in [2.75, 3.05) is 0 Å². The minimum atomic E-state index is -5.27. The second-order valence-corrected chi connectivity index (χ2v) is 6.06. The van der Waals surface area contributed by atoms with Gasteiger partial charge >= 0.3 is 61.3 Å². The predicted molar refractivity (Wildman–Crippen MR) is 84.4 cm³/mol. The molecule has 13 heteroatoms. The number of phosphoric acid groups is 1. The van der Waals surface area contributed by atoms with Crippen LogP contribution in [0, 0.1) is 0 Å². The van der Waals surface area contributed by atoms with E-state index in [0.717, 1.165) is 0 Å². The van der Waals surface area contributed by atoms with Gasteiger partial charge in [0.1, 0.15) is 0 Å². The molecule has 26 heavy (non-hydrogen) atoms. The van der Waals surface area contributed by atoms with E-state index in [4.69, 9.17) is 10.2 Å². The Morgan fingerprint density at radius 1 is 1.00 bits per heavy atom. The Kier molecular flexibility index (Phi) is 9.15. The molecule has 4 N–H and O–H groups in total. The molecule has 1 rings (SSSR count). The van der Waals surface area contributed by atoms with Crippen molar-refractivity contribution in [1.29, 1.82) is 0 Å². The van der Waals surface area contributed by atoms with Crippen LogP contribution in [0.1, 0.15) is 23.2 Å². The van der Waals surface area contributed by atoms with E-state index in [1.807, 2.05) is 0 Å². The van der Waals surface area contributed by atoms with Gasteiger partial charge in [0.25, 0.3) is 0 Å². The molecule has 11 nitrogen and oxygen atoms in total. The first kappa shape index (κ1) is 24.2. The molecule has 1 aromatic carbocycles. The van der Waals surface area contributed by atoms with Gasteiger partial charge in [-0.15, -0.1) is 0 Å². The summed E-state index contributed by atoms with van der Waals surface area (Å²) in [6, 6.07) is 6.93. The fraction of sp³-hybridized carbons (Fsp3) is 0.231. The molecule has 1 aromatic rings. The van der Waals surface area contributed by atoms with Gasteiger partial charge in [-0.3, -0.25) is 14.5 Å². The maximum atomic E-state index is 11.6. The number of benzene rings is 1. The van der Waals surface area contributed by atoms with Crippen molar-refractivity contribution in [1.82, 2.24) is 0 Å². The summed E-state index contributed by atoms with van der Waals surface area (Å²) in [4.78, 5) is 53.9. The summed E-state index contributed by atoms with van der Waals surface area (Å²) in [5.74, 6) is -6.84. The van der Waals surface area contributed by atoms with E-state index in [2.05, 4.69) is 9.05 Å². The summed E-state index contributed by atoms with van der Waals surface area (Å²) in [7, 11) is -5.27. The first-order valence-corrected chi connectivity index (χ1v) is 7.96. The number of carboxylic acid groups (broad SMARTS) is 2. The summed E-state index contributed by atoms with van der Waals surface area (Å²) in [5, 5.41) is 26.9. The molecule has 0 saturated carbocycles. The van der Waals surface area contributed by atoms with Crippen molar-refractivity contribution < 1.29 is 53.0 Å². The molecule has 0 aliphatic rings. The number of carboxylic acids is 2. The van der Waals surface area contributed by atoms with Gasteiger partial charge in [-0.2, -0.15) is 0 Å². The molecule has 0 saturated heterocycles. The number of phosphoric ester groups is 1. The third-order valence-corrected chi connectivity index (χ3v) is 3.53. The fourth-order valence-corrected chi connectivity index (χ4v) is 2.29. The van der Waals surface area contributed by atoms with Crippen molar-refractivity contribution in [3.05, 3.63) is 35.9 Å². The zero-order valence-electron chi connectivity index (χ0n) is 12.4. The Balaban J connectivity index is 0.00000625. The average molecular weight is 400 g/mol. The van der Waals surface area contributed by atoms with E-state index in [1.165, 1.54) is 24.3 Å². The van der Waals surface area contributed by atoms with Crippen molar-refractivity contribution in [3.63, 3.8) is 0 Å². The van der Waals surface area contributed by atoms with Crippen LogP contribution in [0.2, 0.25) is 0 Å². The van der Waals surface area contributed by atoms with E-state index >= 15 is 0 Å². The second kappa shape index (κ2) is 9.81. The quantitative estimate of drug-likeness (QED) is 0.326. The van der Waals surface area contributed by atoms with Crippen LogP contribution in [0.4, 0.5) is 0 Å². The van der Waals surface area contributed by atoms with Crippen LogP contribution in [0.5, 0.6) is 0 Å². The zero-order valence-corrected chi connectivity index (χ0v) is 13.3. The first-order chi connectivity index (χ1) is 11.4. The number of rotatable bonds is 8. The van der Waals surface area contributed by atoms with Crippen LogP contribution < -0.4 is 0 Å². The monoisotopic (exact) mass is 400 g/mol. The Morgan fingerprint density at radius 2 is 1.54 bits per heavy atom. The summed E-state index contributed by atoms with van der Waals surface area (Å²) < 4.78 is 19.7. The van der Waals surface area contributed by atoms with Gasteiger partial charge in [-0.1, -0.05) is 18.2 Å². The van der Waals surface area contributed by atoms with Crippen molar-refractivity contribution in [3.8, 4) is 0 Å². The van der Waals surface area contributed by atoms with Crippen LogP contribution in [0.25, 0.3) is 0 Å². The Morgan fingerprint density at radius 3 is 2.00 bits per heavy atom. The molecular weight excluding hydrogens is 386 g/mol.